The van der Waals surface area contributed by atoms with E-state index >= 15 is 0 Å². The number of aryl methyl sites for hydroxylation is 1. The van der Waals surface area contributed by atoms with Crippen molar-refractivity contribution in [2.75, 3.05) is 12.4 Å². The van der Waals surface area contributed by atoms with Crippen LogP contribution in [-0.4, -0.2) is 25.2 Å². The van der Waals surface area contributed by atoms with Crippen molar-refractivity contribution in [1.82, 2.24) is 5.32 Å². The van der Waals surface area contributed by atoms with Gasteiger partial charge in [-0.25, -0.2) is 9.59 Å². The Balaban J connectivity index is 2.53. The average molecular weight is 236 g/mol. The minimum absolute atomic E-state index is 0.437. The number of methoxy groups -OCH3 is 1. The smallest absolute Gasteiger partial charge is 0.328 e. The van der Waals surface area contributed by atoms with Crippen LogP contribution in [0.15, 0.2) is 24.3 Å². The summed E-state index contributed by atoms with van der Waals surface area (Å²) in [5.74, 6) is -0.482. The van der Waals surface area contributed by atoms with Crippen LogP contribution in [0.2, 0.25) is 0 Å². The molecule has 17 heavy (non-hydrogen) atoms. The number of hydrogen-bond acceptors (Lipinski definition) is 3. The van der Waals surface area contributed by atoms with Gasteiger partial charge in [0.2, 0.25) is 0 Å². The number of anilines is 1. The average Bonchev–Trinajstić information content (AvgIpc) is 2.27. The highest BCUT2D eigenvalue weighted by Gasteiger charge is 2.15. The molecule has 92 valence electrons. The van der Waals surface area contributed by atoms with Crippen molar-refractivity contribution in [3.05, 3.63) is 29.8 Å². The lowest BCUT2D eigenvalue weighted by Gasteiger charge is -2.12. The molecule has 0 aromatic heterocycles. The molecule has 1 aromatic carbocycles. The van der Waals surface area contributed by atoms with Crippen molar-refractivity contribution < 1.29 is 14.3 Å². The summed E-state index contributed by atoms with van der Waals surface area (Å²) in [6, 6.07) is 6.27. The Kier molecular flexibility index (Phi) is 4.51. The fourth-order valence-electron chi connectivity index (χ4n) is 1.32. The fraction of sp³-hybridized carbons (Fsp3) is 0.333. The molecule has 0 unspecified atom stereocenters. The first-order valence-electron chi connectivity index (χ1n) is 5.25. The molecule has 0 aliphatic heterocycles. The number of amides is 2. The van der Waals surface area contributed by atoms with E-state index in [4.69, 9.17) is 0 Å². The van der Waals surface area contributed by atoms with Gasteiger partial charge in [-0.2, -0.15) is 0 Å². The van der Waals surface area contributed by atoms with Crippen LogP contribution in [0.1, 0.15) is 12.5 Å². The van der Waals surface area contributed by atoms with Crippen LogP contribution in [0.25, 0.3) is 0 Å². The molecule has 0 saturated carbocycles. The van der Waals surface area contributed by atoms with Gasteiger partial charge >= 0.3 is 12.0 Å². The Bertz CT molecular complexity index is 418. The summed E-state index contributed by atoms with van der Waals surface area (Å²) in [6.45, 7) is 3.49. The van der Waals surface area contributed by atoms with Gasteiger partial charge < -0.3 is 15.4 Å². The van der Waals surface area contributed by atoms with Gasteiger partial charge in [0, 0.05) is 5.69 Å². The van der Waals surface area contributed by atoms with Crippen molar-refractivity contribution in [1.29, 1.82) is 0 Å². The molecule has 0 saturated heterocycles. The van der Waals surface area contributed by atoms with Crippen molar-refractivity contribution in [3.63, 3.8) is 0 Å². The molecule has 0 radical (unpaired) electrons. The maximum Gasteiger partial charge on any atom is 0.328 e. The molecular weight excluding hydrogens is 220 g/mol. The molecule has 0 aliphatic carbocycles. The molecule has 1 atom stereocenters. The van der Waals surface area contributed by atoms with Gasteiger partial charge in [0.25, 0.3) is 0 Å². The number of esters is 1. The molecule has 1 aromatic rings. The lowest BCUT2D eigenvalue weighted by atomic mass is 10.2. The topological polar surface area (TPSA) is 67.4 Å². The van der Waals surface area contributed by atoms with Crippen LogP contribution in [0.4, 0.5) is 10.5 Å². The Hall–Kier alpha value is -2.04. The first kappa shape index (κ1) is 13.0. The van der Waals surface area contributed by atoms with Crippen molar-refractivity contribution in [2.24, 2.45) is 0 Å². The quantitative estimate of drug-likeness (QED) is 0.784. The van der Waals surface area contributed by atoms with Gasteiger partial charge in [0.05, 0.1) is 7.11 Å². The zero-order chi connectivity index (χ0) is 12.8. The lowest BCUT2D eigenvalue weighted by molar-refractivity contribution is -0.142. The van der Waals surface area contributed by atoms with Crippen LogP contribution in [-0.2, 0) is 9.53 Å². The Morgan fingerprint density at radius 2 is 2.06 bits per heavy atom. The number of benzene rings is 1. The van der Waals surface area contributed by atoms with E-state index in [2.05, 4.69) is 15.4 Å². The predicted molar refractivity (Wildman–Crippen MR) is 64.8 cm³/mol. The second kappa shape index (κ2) is 5.89. The molecule has 0 heterocycles. The number of nitrogens with one attached hydrogen (secondary N) is 2. The van der Waals surface area contributed by atoms with Crippen LogP contribution in [0.5, 0.6) is 0 Å². The minimum Gasteiger partial charge on any atom is -0.467 e. The molecule has 5 nitrogen and oxygen atoms in total. The number of ether oxygens (including phenoxy) is 1. The molecule has 2 amide bonds. The van der Waals surface area contributed by atoms with Crippen LogP contribution in [0, 0.1) is 6.92 Å². The van der Waals surface area contributed by atoms with Crippen molar-refractivity contribution in [3.8, 4) is 0 Å². The van der Waals surface area contributed by atoms with Crippen LogP contribution >= 0.6 is 0 Å². The monoisotopic (exact) mass is 236 g/mol. The van der Waals surface area contributed by atoms with Gasteiger partial charge in [-0.15, -0.1) is 0 Å². The predicted octanol–water partition coefficient (Wildman–Crippen LogP) is 1.68. The van der Waals surface area contributed by atoms with E-state index in [1.54, 1.807) is 13.0 Å². The Labute approximate surface area is 100 Å². The molecule has 0 fully saturated rings. The summed E-state index contributed by atoms with van der Waals surface area (Å²) in [5.41, 5.74) is 1.73. The minimum atomic E-state index is -0.676. The third-order valence-corrected chi connectivity index (χ3v) is 2.18. The normalized spacial score (nSPS) is 11.5. The molecule has 0 spiro atoms. The number of urea groups is 1. The number of rotatable bonds is 3. The van der Waals surface area contributed by atoms with E-state index in [0.29, 0.717) is 5.69 Å². The van der Waals surface area contributed by atoms with Gasteiger partial charge in [-0.3, -0.25) is 0 Å². The van der Waals surface area contributed by atoms with Gasteiger partial charge in [0.1, 0.15) is 6.04 Å². The highest BCUT2D eigenvalue weighted by atomic mass is 16.5. The van der Waals surface area contributed by atoms with E-state index in [-0.39, 0.29) is 0 Å². The summed E-state index contributed by atoms with van der Waals surface area (Å²) in [5, 5.41) is 5.11. The number of hydrogen-bond donors (Lipinski definition) is 2. The molecule has 5 heteroatoms. The van der Waals surface area contributed by atoms with Gasteiger partial charge in [0.15, 0.2) is 0 Å². The number of carbonyl (C=O) groups is 2. The van der Waals surface area contributed by atoms with Crippen LogP contribution < -0.4 is 10.6 Å². The van der Waals surface area contributed by atoms with Gasteiger partial charge in [-0.05, 0) is 31.5 Å². The molecular formula is C12H16N2O3. The largest absolute Gasteiger partial charge is 0.467 e. The van der Waals surface area contributed by atoms with E-state index < -0.39 is 18.0 Å². The Morgan fingerprint density at radius 1 is 1.35 bits per heavy atom. The molecule has 0 bridgehead atoms. The first-order chi connectivity index (χ1) is 8.02. The summed E-state index contributed by atoms with van der Waals surface area (Å²) in [4.78, 5) is 22.6. The van der Waals surface area contributed by atoms with Crippen molar-refractivity contribution in [2.45, 2.75) is 19.9 Å². The maximum atomic E-state index is 11.5. The van der Waals surface area contributed by atoms with Gasteiger partial charge in [-0.1, -0.05) is 12.1 Å². The zero-order valence-corrected chi connectivity index (χ0v) is 10.1. The highest BCUT2D eigenvalue weighted by Crippen LogP contribution is 2.09. The molecule has 1 rings (SSSR count). The zero-order valence-electron chi connectivity index (χ0n) is 10.1. The standard InChI is InChI=1S/C12H16N2O3/c1-8-5-4-6-10(7-8)14-12(16)13-9(2)11(15)17-3/h4-7,9H,1-3H3,(H2,13,14,16)/t9-/m1/s1. The summed E-state index contributed by atoms with van der Waals surface area (Å²) >= 11 is 0. The van der Waals surface area contributed by atoms with E-state index in [0.717, 1.165) is 5.56 Å². The maximum absolute atomic E-state index is 11.5. The second-order valence-corrected chi connectivity index (χ2v) is 3.71. The summed E-state index contributed by atoms with van der Waals surface area (Å²) in [6.07, 6.45) is 0. The molecule has 0 aliphatic rings. The second-order valence-electron chi connectivity index (χ2n) is 3.71. The number of carbonyl (C=O) groups excluding carboxylic acids is 2. The fourth-order valence-corrected chi connectivity index (χ4v) is 1.32. The SMILES string of the molecule is COC(=O)[C@@H](C)NC(=O)Nc1cccc(C)c1. The highest BCUT2D eigenvalue weighted by molar-refractivity contribution is 5.92. The third-order valence-electron chi connectivity index (χ3n) is 2.18. The molecule has 2 N–H and O–H groups in total. The Morgan fingerprint density at radius 3 is 2.65 bits per heavy atom. The lowest BCUT2D eigenvalue weighted by Crippen LogP contribution is -2.41. The summed E-state index contributed by atoms with van der Waals surface area (Å²) in [7, 11) is 1.28. The third kappa shape index (κ3) is 4.14. The van der Waals surface area contributed by atoms with E-state index in [1.165, 1.54) is 7.11 Å². The van der Waals surface area contributed by atoms with E-state index in [1.807, 2.05) is 25.1 Å². The first-order valence-corrected chi connectivity index (χ1v) is 5.25. The van der Waals surface area contributed by atoms with Crippen LogP contribution in [0.3, 0.4) is 0 Å². The van der Waals surface area contributed by atoms with Crippen molar-refractivity contribution >= 4 is 17.7 Å². The van der Waals surface area contributed by atoms with E-state index in [9.17, 15) is 9.59 Å². The summed E-state index contributed by atoms with van der Waals surface area (Å²) < 4.78 is 4.50.